The van der Waals surface area contributed by atoms with Crippen molar-refractivity contribution in [1.29, 1.82) is 0 Å². The van der Waals surface area contributed by atoms with Gasteiger partial charge in [0.25, 0.3) is 0 Å². The molecule has 1 atom stereocenters. The summed E-state index contributed by atoms with van der Waals surface area (Å²) in [4.78, 5) is 12.1. The van der Waals surface area contributed by atoms with E-state index in [4.69, 9.17) is 4.74 Å². The van der Waals surface area contributed by atoms with Gasteiger partial charge in [-0.1, -0.05) is 18.2 Å². The number of hydrogen-bond donors (Lipinski definition) is 2. The SMILES string of the molecule is Cn1c(=O)n(C)c2cc([C@@H](O)COc3ccc(CNC4C5CC6CC(C5)CC4C6)cc3)ccc21. The maximum Gasteiger partial charge on any atom is 0.328 e. The highest BCUT2D eigenvalue weighted by Gasteiger charge is 2.47. The molecule has 1 aromatic heterocycles. The van der Waals surface area contributed by atoms with Gasteiger partial charge >= 0.3 is 5.69 Å². The lowest BCUT2D eigenvalue weighted by Crippen LogP contribution is -2.54. The molecule has 4 bridgehead atoms. The van der Waals surface area contributed by atoms with Crippen molar-refractivity contribution in [3.63, 3.8) is 0 Å². The number of benzene rings is 2. The maximum atomic E-state index is 12.1. The van der Waals surface area contributed by atoms with Gasteiger partial charge in [-0.2, -0.15) is 0 Å². The van der Waals surface area contributed by atoms with Gasteiger partial charge in [-0.15, -0.1) is 0 Å². The fourth-order valence-electron chi connectivity index (χ4n) is 7.20. The van der Waals surface area contributed by atoms with E-state index in [9.17, 15) is 9.90 Å². The van der Waals surface area contributed by atoms with E-state index in [2.05, 4.69) is 17.4 Å². The Morgan fingerprint density at radius 3 is 2.26 bits per heavy atom. The molecule has 0 radical (unpaired) electrons. The molecule has 0 unspecified atom stereocenters. The molecule has 2 N–H and O–H groups in total. The molecule has 4 saturated carbocycles. The highest BCUT2D eigenvalue weighted by Crippen LogP contribution is 2.53. The minimum absolute atomic E-state index is 0.0734. The van der Waals surface area contributed by atoms with Gasteiger partial charge in [0, 0.05) is 26.7 Å². The van der Waals surface area contributed by atoms with Crippen LogP contribution in [0.3, 0.4) is 0 Å². The summed E-state index contributed by atoms with van der Waals surface area (Å²) in [5.74, 6) is 4.55. The topological polar surface area (TPSA) is 68.4 Å². The van der Waals surface area contributed by atoms with Gasteiger partial charge in [0.2, 0.25) is 0 Å². The minimum Gasteiger partial charge on any atom is -0.491 e. The average Bonchev–Trinajstić information content (AvgIpc) is 3.06. The second kappa shape index (κ2) is 8.58. The third-order valence-electron chi connectivity index (χ3n) is 8.78. The quantitative estimate of drug-likeness (QED) is 0.560. The molecule has 6 nitrogen and oxygen atoms in total. The summed E-state index contributed by atoms with van der Waals surface area (Å²) < 4.78 is 9.09. The molecule has 7 rings (SSSR count). The zero-order valence-electron chi connectivity index (χ0n) is 20.1. The summed E-state index contributed by atoms with van der Waals surface area (Å²) >= 11 is 0. The molecule has 0 saturated heterocycles. The number of aliphatic hydroxyl groups excluding tert-OH is 1. The Morgan fingerprint density at radius 2 is 1.59 bits per heavy atom. The lowest BCUT2D eigenvalue weighted by molar-refractivity contribution is -0.0142. The van der Waals surface area contributed by atoms with E-state index < -0.39 is 6.10 Å². The smallest absolute Gasteiger partial charge is 0.328 e. The predicted molar refractivity (Wildman–Crippen MR) is 133 cm³/mol. The Bertz CT molecular complexity index is 1210. The zero-order chi connectivity index (χ0) is 23.4. The molecule has 4 fully saturated rings. The molecule has 0 aliphatic heterocycles. The number of imidazole rings is 1. The average molecular weight is 462 g/mol. The predicted octanol–water partition coefficient (Wildman–Crippen LogP) is 3.90. The van der Waals surface area contributed by atoms with Gasteiger partial charge in [0.05, 0.1) is 11.0 Å². The second-order valence-corrected chi connectivity index (χ2v) is 11.0. The first-order chi connectivity index (χ1) is 16.5. The van der Waals surface area contributed by atoms with Crippen molar-refractivity contribution < 1.29 is 9.84 Å². The lowest BCUT2D eigenvalue weighted by Gasteiger charge is -2.54. The highest BCUT2D eigenvalue weighted by molar-refractivity contribution is 5.77. The largest absolute Gasteiger partial charge is 0.491 e. The molecule has 0 amide bonds. The van der Waals surface area contributed by atoms with Crippen molar-refractivity contribution in [3.05, 3.63) is 64.1 Å². The van der Waals surface area contributed by atoms with E-state index >= 15 is 0 Å². The van der Waals surface area contributed by atoms with Gasteiger partial charge in [0.15, 0.2) is 0 Å². The van der Waals surface area contributed by atoms with Crippen LogP contribution in [0, 0.1) is 23.7 Å². The summed E-state index contributed by atoms with van der Waals surface area (Å²) in [5, 5.41) is 14.6. The number of rotatable bonds is 7. The first kappa shape index (κ1) is 21.9. The Labute approximate surface area is 200 Å². The van der Waals surface area contributed by atoms with E-state index in [1.165, 1.54) is 37.7 Å². The van der Waals surface area contributed by atoms with E-state index in [0.717, 1.165) is 52.6 Å². The van der Waals surface area contributed by atoms with E-state index in [1.54, 1.807) is 23.2 Å². The summed E-state index contributed by atoms with van der Waals surface area (Å²) in [6, 6.07) is 14.5. The number of nitrogens with zero attached hydrogens (tertiary/aromatic N) is 2. The third-order valence-corrected chi connectivity index (χ3v) is 8.78. The number of aliphatic hydroxyl groups is 1. The molecule has 6 heteroatoms. The standard InChI is InChI=1S/C28H35N3O3/c1-30-24-8-5-20(14-25(24)31(2)28(30)33)26(32)16-34-23-6-3-17(4-7-23)15-29-27-21-10-18-9-19(12-21)13-22(27)11-18/h3-8,14,18-19,21-22,26-27,29,32H,9-13,15-16H2,1-2H3/t18?,19?,21?,22?,26-,27?/m0/s1. The summed E-state index contributed by atoms with van der Waals surface area (Å²) in [5.41, 5.74) is 3.60. The molecular formula is C28H35N3O3. The second-order valence-electron chi connectivity index (χ2n) is 11.0. The number of fused-ring (bicyclic) bond motifs is 1. The van der Waals surface area contributed by atoms with Crippen molar-refractivity contribution in [2.24, 2.45) is 37.8 Å². The van der Waals surface area contributed by atoms with Crippen LogP contribution in [0.2, 0.25) is 0 Å². The van der Waals surface area contributed by atoms with E-state index in [0.29, 0.717) is 6.04 Å². The van der Waals surface area contributed by atoms with Crippen LogP contribution in [0.4, 0.5) is 0 Å². The van der Waals surface area contributed by atoms with Crippen molar-refractivity contribution in [2.45, 2.75) is 50.8 Å². The fraction of sp³-hybridized carbons (Fsp3) is 0.536. The lowest BCUT2D eigenvalue weighted by atomic mass is 9.54. The Kier molecular flexibility index (Phi) is 5.53. The summed E-state index contributed by atoms with van der Waals surface area (Å²) in [6.07, 6.45) is 6.48. The molecule has 34 heavy (non-hydrogen) atoms. The van der Waals surface area contributed by atoms with Crippen molar-refractivity contribution >= 4 is 11.0 Å². The number of aryl methyl sites for hydroxylation is 2. The monoisotopic (exact) mass is 461 g/mol. The van der Waals surface area contributed by atoms with Gasteiger partial charge in [-0.05, 0) is 91.2 Å². The number of nitrogens with one attached hydrogen (secondary N) is 1. The highest BCUT2D eigenvalue weighted by atomic mass is 16.5. The van der Waals surface area contributed by atoms with Crippen LogP contribution in [0.15, 0.2) is 47.3 Å². The fourth-order valence-corrected chi connectivity index (χ4v) is 7.20. The van der Waals surface area contributed by atoms with Gasteiger partial charge in [0.1, 0.15) is 18.5 Å². The van der Waals surface area contributed by atoms with E-state index in [1.807, 2.05) is 30.3 Å². The number of aromatic nitrogens is 2. The molecule has 2 aromatic carbocycles. The van der Waals surface area contributed by atoms with Gasteiger partial charge < -0.3 is 15.2 Å². The summed E-state index contributed by atoms with van der Waals surface area (Å²) in [7, 11) is 3.50. The Hall–Kier alpha value is -2.57. The van der Waals surface area contributed by atoms with Gasteiger partial charge in [-0.25, -0.2) is 4.79 Å². The molecule has 4 aliphatic rings. The first-order valence-electron chi connectivity index (χ1n) is 12.7. The maximum absolute atomic E-state index is 12.1. The van der Waals surface area contributed by atoms with Crippen molar-refractivity contribution in [3.8, 4) is 5.75 Å². The first-order valence-corrected chi connectivity index (χ1v) is 12.7. The molecular weight excluding hydrogens is 426 g/mol. The van der Waals surface area contributed by atoms with Crippen LogP contribution in [0.1, 0.15) is 49.3 Å². The molecule has 1 heterocycles. The molecule has 0 spiro atoms. The van der Waals surface area contributed by atoms with Gasteiger partial charge in [-0.3, -0.25) is 9.13 Å². The Balaban J connectivity index is 1.04. The van der Waals surface area contributed by atoms with Crippen LogP contribution < -0.4 is 15.7 Å². The number of hydrogen-bond acceptors (Lipinski definition) is 4. The minimum atomic E-state index is -0.766. The third kappa shape index (κ3) is 3.87. The van der Waals surface area contributed by atoms with Crippen LogP contribution >= 0.6 is 0 Å². The zero-order valence-corrected chi connectivity index (χ0v) is 20.1. The van der Waals surface area contributed by atoms with Crippen LogP contribution in [0.5, 0.6) is 5.75 Å². The van der Waals surface area contributed by atoms with Crippen LogP contribution in [-0.2, 0) is 20.6 Å². The normalized spacial score (nSPS) is 28.5. The summed E-state index contributed by atoms with van der Waals surface area (Å²) in [6.45, 7) is 1.07. The molecule has 180 valence electrons. The number of ether oxygens (including phenoxy) is 1. The van der Waals surface area contributed by atoms with E-state index in [-0.39, 0.29) is 12.3 Å². The van der Waals surface area contributed by atoms with Crippen LogP contribution in [-0.4, -0.2) is 26.9 Å². The van der Waals surface area contributed by atoms with Crippen LogP contribution in [0.25, 0.3) is 11.0 Å². The molecule has 4 aliphatic carbocycles. The molecule has 3 aromatic rings. The van der Waals surface area contributed by atoms with Crippen molar-refractivity contribution in [2.75, 3.05) is 6.61 Å². The van der Waals surface area contributed by atoms with Crippen molar-refractivity contribution in [1.82, 2.24) is 14.5 Å². The Morgan fingerprint density at radius 1 is 0.941 bits per heavy atom.